The van der Waals surface area contributed by atoms with Crippen molar-refractivity contribution < 1.29 is 0 Å². The molecule has 0 saturated heterocycles. The van der Waals surface area contributed by atoms with Crippen LogP contribution in [-0.2, 0) is 5.41 Å². The zero-order valence-corrected chi connectivity index (χ0v) is 10.6. The average Bonchev–Trinajstić information content (AvgIpc) is 2.77. The van der Waals surface area contributed by atoms with Gasteiger partial charge in [0, 0.05) is 11.6 Å². The second-order valence-corrected chi connectivity index (χ2v) is 4.76. The van der Waals surface area contributed by atoms with E-state index in [-0.39, 0.29) is 5.41 Å². The van der Waals surface area contributed by atoms with Crippen LogP contribution in [0.2, 0.25) is 0 Å². The molecule has 2 unspecified atom stereocenters. The molecule has 17 heavy (non-hydrogen) atoms. The summed E-state index contributed by atoms with van der Waals surface area (Å²) >= 11 is 0. The van der Waals surface area contributed by atoms with Crippen LogP contribution in [0, 0.1) is 11.8 Å². The highest BCUT2D eigenvalue weighted by atomic mass is 14.8. The lowest BCUT2D eigenvalue weighted by Crippen LogP contribution is -2.38. The van der Waals surface area contributed by atoms with Gasteiger partial charge in [-0.05, 0) is 23.5 Å². The third kappa shape index (κ3) is 1.57. The van der Waals surface area contributed by atoms with Gasteiger partial charge in [0.1, 0.15) is 0 Å². The predicted molar refractivity (Wildman–Crippen MR) is 75.0 cm³/mol. The van der Waals surface area contributed by atoms with E-state index in [2.05, 4.69) is 56.4 Å². The van der Waals surface area contributed by atoms with Gasteiger partial charge < -0.3 is 0 Å². The van der Waals surface area contributed by atoms with Crippen LogP contribution in [0.1, 0.15) is 19.4 Å². The molecule has 0 spiro atoms. The molecule has 1 aliphatic rings. The molecule has 0 aliphatic carbocycles. The van der Waals surface area contributed by atoms with Gasteiger partial charge >= 0.3 is 0 Å². The fourth-order valence-corrected chi connectivity index (χ4v) is 2.73. The highest BCUT2D eigenvalue weighted by Gasteiger charge is 2.43. The highest BCUT2D eigenvalue weighted by Crippen LogP contribution is 2.47. The summed E-state index contributed by atoms with van der Waals surface area (Å²) in [4.78, 5) is 4.57. The second kappa shape index (κ2) is 4.33. The van der Waals surface area contributed by atoms with Crippen molar-refractivity contribution in [2.75, 3.05) is 0 Å². The molecule has 0 N–H and O–H groups in total. The van der Waals surface area contributed by atoms with Gasteiger partial charge in [0.05, 0.1) is 5.69 Å². The van der Waals surface area contributed by atoms with E-state index < -0.39 is 0 Å². The molecule has 1 heterocycles. The van der Waals surface area contributed by atoms with Crippen molar-refractivity contribution in [3.63, 3.8) is 0 Å². The smallest absolute Gasteiger partial charge is 0.0667 e. The molecule has 1 heteroatoms. The van der Waals surface area contributed by atoms with E-state index >= 15 is 0 Å². The third-order valence-corrected chi connectivity index (χ3v) is 4.00. The van der Waals surface area contributed by atoms with E-state index in [0.29, 0.717) is 11.8 Å². The minimum atomic E-state index is -0.0832. The van der Waals surface area contributed by atoms with Gasteiger partial charge in [-0.25, -0.2) is 0 Å². The molecule has 0 saturated carbocycles. The molecule has 1 nitrogen and oxygen atoms in total. The Hall–Kier alpha value is -1.63. The Morgan fingerprint density at radius 2 is 1.71 bits per heavy atom. The van der Waals surface area contributed by atoms with Crippen LogP contribution in [0.3, 0.4) is 0 Å². The predicted octanol–water partition coefficient (Wildman–Crippen LogP) is 4.28. The van der Waals surface area contributed by atoms with Crippen molar-refractivity contribution in [2.24, 2.45) is 16.8 Å². The van der Waals surface area contributed by atoms with E-state index in [9.17, 15) is 0 Å². The molecular weight excluding hydrogens is 206 g/mol. The lowest BCUT2D eigenvalue weighted by atomic mass is 9.65. The van der Waals surface area contributed by atoms with E-state index in [4.69, 9.17) is 0 Å². The number of nitrogens with zero attached hydrogens (tertiary/aromatic N) is 1. The molecule has 0 aromatic heterocycles. The summed E-state index contributed by atoms with van der Waals surface area (Å²) in [7, 11) is 0. The van der Waals surface area contributed by atoms with Crippen molar-refractivity contribution in [3.8, 4) is 0 Å². The number of aliphatic imine (C=N–C) groups is 1. The summed E-state index contributed by atoms with van der Waals surface area (Å²) in [5.41, 5.74) is 2.29. The van der Waals surface area contributed by atoms with E-state index in [1.54, 1.807) is 0 Å². The van der Waals surface area contributed by atoms with Gasteiger partial charge in [0.25, 0.3) is 0 Å². The molecule has 0 amide bonds. The number of rotatable bonds is 4. The topological polar surface area (TPSA) is 12.4 Å². The first kappa shape index (κ1) is 11.8. The molecular formula is C16H19N. The number of hydrogen-bond acceptors (Lipinski definition) is 1. The van der Waals surface area contributed by atoms with Crippen LogP contribution in [0.25, 0.3) is 0 Å². The van der Waals surface area contributed by atoms with Crippen molar-refractivity contribution in [1.29, 1.82) is 0 Å². The monoisotopic (exact) mass is 225 g/mol. The van der Waals surface area contributed by atoms with Gasteiger partial charge in [-0.15, -0.1) is 13.2 Å². The summed E-state index contributed by atoms with van der Waals surface area (Å²) in [6, 6.07) is 8.35. The lowest BCUT2D eigenvalue weighted by molar-refractivity contribution is 0.381. The summed E-state index contributed by atoms with van der Waals surface area (Å²) in [5, 5.41) is 0. The minimum Gasteiger partial charge on any atom is -0.260 e. The Bertz CT molecular complexity index is 456. The van der Waals surface area contributed by atoms with Crippen LogP contribution in [0.5, 0.6) is 0 Å². The van der Waals surface area contributed by atoms with Gasteiger partial charge in [-0.3, -0.25) is 4.99 Å². The van der Waals surface area contributed by atoms with Gasteiger partial charge in [-0.2, -0.15) is 0 Å². The molecule has 2 rings (SSSR count). The normalized spacial score (nSPS) is 25.1. The van der Waals surface area contributed by atoms with E-state index in [0.717, 1.165) is 5.69 Å². The first-order chi connectivity index (χ1) is 8.16. The van der Waals surface area contributed by atoms with Crippen LogP contribution in [-0.4, -0.2) is 6.21 Å². The highest BCUT2D eigenvalue weighted by molar-refractivity contribution is 5.86. The number of hydrogen-bond donors (Lipinski definition) is 0. The Balaban J connectivity index is 2.62. The van der Waals surface area contributed by atoms with Crippen molar-refractivity contribution in [3.05, 3.63) is 55.1 Å². The molecule has 1 aromatic carbocycles. The fourth-order valence-electron chi connectivity index (χ4n) is 2.73. The maximum absolute atomic E-state index is 4.57. The summed E-state index contributed by atoms with van der Waals surface area (Å²) < 4.78 is 0. The van der Waals surface area contributed by atoms with E-state index in [1.165, 1.54) is 5.56 Å². The number of allylic oxidation sites excluding steroid dienone is 2. The Labute approximate surface area is 104 Å². The van der Waals surface area contributed by atoms with E-state index in [1.807, 2.05) is 18.2 Å². The first-order valence-electron chi connectivity index (χ1n) is 6.06. The summed E-state index contributed by atoms with van der Waals surface area (Å²) in [5.74, 6) is 0.672. The van der Waals surface area contributed by atoms with Crippen molar-refractivity contribution >= 4 is 11.9 Å². The van der Waals surface area contributed by atoms with Gasteiger partial charge in [0.2, 0.25) is 0 Å². The second-order valence-electron chi connectivity index (χ2n) is 4.76. The quantitative estimate of drug-likeness (QED) is 0.678. The maximum Gasteiger partial charge on any atom is 0.0667 e. The Morgan fingerprint density at radius 1 is 1.12 bits per heavy atom. The third-order valence-electron chi connectivity index (χ3n) is 4.00. The number of para-hydroxylation sites is 1. The Morgan fingerprint density at radius 3 is 2.29 bits per heavy atom. The Kier molecular flexibility index (Phi) is 3.01. The number of fused-ring (bicyclic) bond motifs is 1. The van der Waals surface area contributed by atoms with Crippen LogP contribution in [0.15, 0.2) is 54.6 Å². The molecule has 0 fully saturated rings. The first-order valence-corrected chi connectivity index (χ1v) is 6.06. The van der Waals surface area contributed by atoms with Gasteiger partial charge in [-0.1, -0.05) is 44.2 Å². The standard InChI is InChI=1S/C16H19N/c1-5-12(3)16(13(4)6-2)11-17-15-10-8-7-9-14(15)16/h5-13H,1-2H2,3-4H3. The average molecular weight is 225 g/mol. The molecule has 1 aliphatic heterocycles. The molecule has 2 atom stereocenters. The zero-order chi connectivity index (χ0) is 12.5. The van der Waals surface area contributed by atoms with Crippen LogP contribution >= 0.6 is 0 Å². The SMILES string of the molecule is C=CC(C)C1(C(C)C=C)C=Nc2ccccc21. The maximum atomic E-state index is 4.57. The fraction of sp³-hybridized carbons (Fsp3) is 0.312. The molecule has 88 valence electrons. The molecule has 0 radical (unpaired) electrons. The van der Waals surface area contributed by atoms with Crippen LogP contribution < -0.4 is 0 Å². The van der Waals surface area contributed by atoms with Crippen molar-refractivity contribution in [2.45, 2.75) is 19.3 Å². The zero-order valence-electron chi connectivity index (χ0n) is 10.6. The van der Waals surface area contributed by atoms with Gasteiger partial charge in [0.15, 0.2) is 0 Å². The molecule has 1 aromatic rings. The molecule has 0 bridgehead atoms. The summed E-state index contributed by atoms with van der Waals surface area (Å²) in [6.07, 6.45) is 6.10. The largest absolute Gasteiger partial charge is 0.260 e. The van der Waals surface area contributed by atoms with Crippen molar-refractivity contribution in [1.82, 2.24) is 0 Å². The minimum absolute atomic E-state index is 0.0832. The summed E-state index contributed by atoms with van der Waals surface area (Å²) in [6.45, 7) is 12.3. The number of benzene rings is 1. The lowest BCUT2D eigenvalue weighted by Gasteiger charge is -2.36. The van der Waals surface area contributed by atoms with Crippen LogP contribution in [0.4, 0.5) is 5.69 Å².